The zero-order valence-electron chi connectivity index (χ0n) is 28.5. The summed E-state index contributed by atoms with van der Waals surface area (Å²) in [6.07, 6.45) is 17.8. The minimum Gasteiger partial charge on any atom is -0.417 e. The van der Waals surface area contributed by atoms with Gasteiger partial charge < -0.3 is 38.0 Å². The summed E-state index contributed by atoms with van der Waals surface area (Å²) in [5, 5.41) is 10.4. The third-order valence-electron chi connectivity index (χ3n) is 9.51. The monoisotopic (exact) mass is 640 g/mol. The van der Waals surface area contributed by atoms with Crippen molar-refractivity contribution in [3.05, 3.63) is 12.2 Å². The van der Waals surface area contributed by atoms with E-state index in [0.717, 1.165) is 110 Å². The number of allylic oxidation sites excluding steroid dienone is 2. The topological polar surface area (TPSA) is 84.8 Å². The van der Waals surface area contributed by atoms with Gasteiger partial charge in [-0.05, 0) is 108 Å². The summed E-state index contributed by atoms with van der Waals surface area (Å²) in [5.74, 6) is 0.464. The first-order chi connectivity index (χ1) is 21.2. The van der Waals surface area contributed by atoms with E-state index in [1.807, 2.05) is 0 Å². The van der Waals surface area contributed by atoms with Crippen LogP contribution in [-0.2, 0) is 32.8 Å². The Kier molecular flexibility index (Phi) is 15.6. The SMILES string of the molecule is C[SiH](C)OC([C@H]1[C@@H](CC=CCCCC(O)COC2CCCCO2)[C@@H](OC2CCCCO2)C[C@H]1OC1CCCCO1)C(C)(C)C. The first-order valence-corrected chi connectivity index (χ1v) is 20.7. The minimum atomic E-state index is -1.32. The second-order valence-corrected chi connectivity index (χ2v) is 17.2. The summed E-state index contributed by atoms with van der Waals surface area (Å²) < 4.78 is 44.0. The van der Waals surface area contributed by atoms with Crippen LogP contribution in [0.3, 0.4) is 0 Å². The Labute approximate surface area is 269 Å². The number of aliphatic hydroxyl groups excluding tert-OH is 1. The minimum absolute atomic E-state index is 0.0188. The molecule has 44 heavy (non-hydrogen) atoms. The first kappa shape index (κ1) is 36.5. The number of unbranched alkanes of at least 4 members (excludes halogenated alkanes) is 1. The molecule has 3 aliphatic heterocycles. The lowest BCUT2D eigenvalue weighted by atomic mass is 9.75. The van der Waals surface area contributed by atoms with Gasteiger partial charge in [0.05, 0.1) is 31.0 Å². The maximum Gasteiger partial charge on any atom is 0.171 e. The molecule has 4 rings (SSSR count). The lowest BCUT2D eigenvalue weighted by Gasteiger charge is -2.42. The lowest BCUT2D eigenvalue weighted by Crippen LogP contribution is -2.47. The summed E-state index contributed by atoms with van der Waals surface area (Å²) >= 11 is 0. The molecule has 0 amide bonds. The second-order valence-electron chi connectivity index (χ2n) is 14.8. The van der Waals surface area contributed by atoms with Crippen molar-refractivity contribution in [3.8, 4) is 0 Å². The van der Waals surface area contributed by atoms with Crippen LogP contribution in [0.15, 0.2) is 12.2 Å². The van der Waals surface area contributed by atoms with Crippen molar-refractivity contribution in [1.29, 1.82) is 0 Å². The average Bonchev–Trinajstić information content (AvgIpc) is 3.32. The van der Waals surface area contributed by atoms with Gasteiger partial charge in [-0.2, -0.15) is 0 Å². The summed E-state index contributed by atoms with van der Waals surface area (Å²) in [6.45, 7) is 14.1. The summed E-state index contributed by atoms with van der Waals surface area (Å²) in [4.78, 5) is 0. The van der Waals surface area contributed by atoms with E-state index in [1.54, 1.807) is 0 Å². The van der Waals surface area contributed by atoms with Crippen LogP contribution in [0.4, 0.5) is 0 Å². The molecular weight excluding hydrogens is 576 g/mol. The first-order valence-electron chi connectivity index (χ1n) is 18.0. The van der Waals surface area contributed by atoms with E-state index >= 15 is 0 Å². The van der Waals surface area contributed by atoms with Gasteiger partial charge in [-0.15, -0.1) is 0 Å². The zero-order chi connectivity index (χ0) is 31.4. The van der Waals surface area contributed by atoms with Crippen molar-refractivity contribution < 1.29 is 38.0 Å². The molecule has 0 aromatic heterocycles. The maximum atomic E-state index is 10.4. The van der Waals surface area contributed by atoms with Crippen molar-refractivity contribution in [2.45, 2.75) is 167 Å². The number of ether oxygens (including phenoxy) is 6. The van der Waals surface area contributed by atoms with E-state index in [0.29, 0.717) is 6.61 Å². The van der Waals surface area contributed by atoms with E-state index in [1.165, 1.54) is 0 Å². The van der Waals surface area contributed by atoms with Crippen molar-refractivity contribution in [2.75, 3.05) is 26.4 Å². The highest BCUT2D eigenvalue weighted by Crippen LogP contribution is 2.47. The van der Waals surface area contributed by atoms with Gasteiger partial charge in [-0.1, -0.05) is 32.9 Å². The lowest BCUT2D eigenvalue weighted by molar-refractivity contribution is -0.207. The molecule has 3 heterocycles. The third-order valence-corrected chi connectivity index (χ3v) is 10.3. The van der Waals surface area contributed by atoms with Crippen molar-refractivity contribution in [2.24, 2.45) is 17.3 Å². The van der Waals surface area contributed by atoms with Gasteiger partial charge in [0.25, 0.3) is 0 Å². The van der Waals surface area contributed by atoms with Gasteiger partial charge in [-0.3, -0.25) is 0 Å². The number of hydrogen-bond acceptors (Lipinski definition) is 8. The van der Waals surface area contributed by atoms with Crippen LogP contribution in [0.5, 0.6) is 0 Å². The molecule has 1 saturated carbocycles. The molecule has 0 bridgehead atoms. The molecule has 4 fully saturated rings. The standard InChI is InChI=1S/C35H64O8Si/c1-35(2,3)34(43-44(4)5)33-27(17-9-7-6-8-16-26(36)25-40-30-18-10-13-21-37-30)28(41-31-19-11-14-22-38-31)24-29(33)42-32-20-12-15-23-39-32/h7,9,26-34,36,44H,6,8,10-25H2,1-5H3/t26?,27-,28-,29+,30?,31?,32?,33-,34?/m0/s1. The quantitative estimate of drug-likeness (QED) is 0.111. The molecule has 9 heteroatoms. The predicted molar refractivity (Wildman–Crippen MR) is 175 cm³/mol. The fraction of sp³-hybridized carbons (Fsp3) is 0.943. The van der Waals surface area contributed by atoms with Gasteiger partial charge in [0, 0.05) is 32.2 Å². The normalized spacial score (nSPS) is 33.7. The van der Waals surface area contributed by atoms with Crippen LogP contribution < -0.4 is 0 Å². The zero-order valence-corrected chi connectivity index (χ0v) is 29.6. The van der Waals surface area contributed by atoms with Crippen LogP contribution >= 0.6 is 0 Å². The molecule has 256 valence electrons. The largest absolute Gasteiger partial charge is 0.417 e. The highest BCUT2D eigenvalue weighted by Gasteiger charge is 2.52. The molecular formula is C35H64O8Si. The summed E-state index contributed by atoms with van der Waals surface area (Å²) in [7, 11) is -1.32. The number of hydrogen-bond donors (Lipinski definition) is 1. The molecule has 0 aromatic carbocycles. The molecule has 0 spiro atoms. The predicted octanol–water partition coefficient (Wildman–Crippen LogP) is 6.88. The van der Waals surface area contributed by atoms with Crippen LogP contribution in [0.1, 0.15) is 111 Å². The van der Waals surface area contributed by atoms with Crippen LogP contribution in [0.25, 0.3) is 0 Å². The molecule has 4 aliphatic rings. The smallest absolute Gasteiger partial charge is 0.171 e. The molecule has 0 aromatic rings. The third kappa shape index (κ3) is 12.0. The van der Waals surface area contributed by atoms with Gasteiger partial charge >= 0.3 is 0 Å². The van der Waals surface area contributed by atoms with E-state index in [4.69, 9.17) is 32.8 Å². The average molecular weight is 641 g/mol. The molecule has 9 atom stereocenters. The maximum absolute atomic E-state index is 10.4. The van der Waals surface area contributed by atoms with Crippen molar-refractivity contribution in [3.63, 3.8) is 0 Å². The Bertz CT molecular complexity index is 801. The van der Waals surface area contributed by atoms with E-state index < -0.39 is 15.1 Å². The van der Waals surface area contributed by atoms with Gasteiger partial charge in [-0.25, -0.2) is 0 Å². The second kappa shape index (κ2) is 18.8. The molecule has 8 nitrogen and oxygen atoms in total. The molecule has 0 radical (unpaired) electrons. The molecule has 1 aliphatic carbocycles. The highest BCUT2D eigenvalue weighted by atomic mass is 28.3. The fourth-order valence-corrected chi connectivity index (χ4v) is 8.47. The van der Waals surface area contributed by atoms with Gasteiger partial charge in [0.15, 0.2) is 27.9 Å². The Morgan fingerprint density at radius 2 is 1.41 bits per heavy atom. The molecule has 5 unspecified atom stereocenters. The Morgan fingerprint density at radius 3 is 1.95 bits per heavy atom. The van der Waals surface area contributed by atoms with E-state index in [9.17, 15) is 5.11 Å². The van der Waals surface area contributed by atoms with Crippen molar-refractivity contribution in [1.82, 2.24) is 0 Å². The van der Waals surface area contributed by atoms with Gasteiger partial charge in [0.1, 0.15) is 0 Å². The molecule has 1 N–H and O–H groups in total. The Morgan fingerprint density at radius 1 is 0.818 bits per heavy atom. The Hall–Kier alpha value is -0.363. The van der Waals surface area contributed by atoms with Crippen LogP contribution in [0, 0.1) is 17.3 Å². The summed E-state index contributed by atoms with van der Waals surface area (Å²) in [5.41, 5.74) is -0.0317. The number of rotatable bonds is 16. The highest BCUT2D eigenvalue weighted by molar-refractivity contribution is 6.48. The van der Waals surface area contributed by atoms with Crippen LogP contribution in [0.2, 0.25) is 13.1 Å². The molecule has 3 saturated heterocycles. The van der Waals surface area contributed by atoms with Crippen LogP contribution in [-0.4, -0.2) is 83.9 Å². The van der Waals surface area contributed by atoms with Crippen molar-refractivity contribution >= 4 is 9.04 Å². The fourth-order valence-electron chi connectivity index (χ4n) is 7.29. The van der Waals surface area contributed by atoms with E-state index in [2.05, 4.69) is 46.0 Å². The number of aliphatic hydroxyl groups is 1. The summed E-state index contributed by atoms with van der Waals surface area (Å²) in [6, 6.07) is 0. The van der Waals surface area contributed by atoms with Gasteiger partial charge in [0.2, 0.25) is 0 Å². The Balaban J connectivity index is 1.40. The van der Waals surface area contributed by atoms with E-state index in [-0.39, 0.29) is 54.4 Å².